The molecule has 0 aliphatic rings. The monoisotopic (exact) mass is 282 g/mol. The zero-order valence-corrected chi connectivity index (χ0v) is 9.23. The third kappa shape index (κ3) is 5.54. The van der Waals surface area contributed by atoms with Crippen LogP contribution in [-0.4, -0.2) is 44.1 Å². The summed E-state index contributed by atoms with van der Waals surface area (Å²) in [6.45, 7) is -0.905. The van der Waals surface area contributed by atoms with E-state index in [1.165, 1.54) is 7.05 Å². The molecule has 0 rings (SSSR count). The lowest BCUT2D eigenvalue weighted by Gasteiger charge is -2.23. The first-order valence-corrected chi connectivity index (χ1v) is 4.71. The van der Waals surface area contributed by atoms with Gasteiger partial charge in [0.15, 0.2) is 0 Å². The summed E-state index contributed by atoms with van der Waals surface area (Å²) >= 11 is 0. The normalized spacial score (nSPS) is 14.9. The Bertz CT molecular complexity index is 264. The number of amides is 1. The summed E-state index contributed by atoms with van der Waals surface area (Å²) in [4.78, 5) is 10.7. The lowest BCUT2D eigenvalue weighted by atomic mass is 10.2. The number of likely N-dealkylation sites (N-methyl/N-ethyl adjacent to an activating group) is 1. The van der Waals surface area contributed by atoms with E-state index in [0.717, 1.165) is 0 Å². The fourth-order valence-electron chi connectivity index (χ4n) is 1.11. The van der Waals surface area contributed by atoms with E-state index < -0.39 is 43.4 Å². The fraction of sp³-hybridized carbons (Fsp3) is 0.875. The van der Waals surface area contributed by atoms with Gasteiger partial charge in [0.25, 0.3) is 0 Å². The third-order valence-corrected chi connectivity index (χ3v) is 1.98. The summed E-state index contributed by atoms with van der Waals surface area (Å²) in [5.41, 5.74) is 4.83. The maximum atomic E-state index is 12.0. The number of hydrogen-bond acceptors (Lipinski definition) is 3. The summed E-state index contributed by atoms with van der Waals surface area (Å²) in [6, 6.07) is -1.05. The zero-order chi connectivity index (χ0) is 14.6. The molecule has 0 spiro atoms. The lowest BCUT2D eigenvalue weighted by Crippen LogP contribution is -2.46. The van der Waals surface area contributed by atoms with Gasteiger partial charge in [-0.25, -0.2) is 0 Å². The zero-order valence-electron chi connectivity index (χ0n) is 9.23. The van der Waals surface area contributed by atoms with Crippen LogP contribution < -0.4 is 11.1 Å². The maximum absolute atomic E-state index is 12.0. The molecular weight excluding hydrogens is 270 g/mol. The Labute approximate surface area is 98.5 Å². The number of rotatable bonds is 6. The first kappa shape index (κ1) is 17.0. The molecule has 0 saturated carbocycles. The van der Waals surface area contributed by atoms with Crippen molar-refractivity contribution in [1.29, 1.82) is 0 Å². The van der Waals surface area contributed by atoms with Gasteiger partial charge < -0.3 is 15.8 Å². The minimum atomic E-state index is -5.56. The Morgan fingerprint density at radius 1 is 1.22 bits per heavy atom. The van der Waals surface area contributed by atoms with E-state index in [4.69, 9.17) is 5.73 Å². The van der Waals surface area contributed by atoms with Crippen LogP contribution in [0.2, 0.25) is 0 Å². The third-order valence-electron chi connectivity index (χ3n) is 1.98. The number of primary amides is 1. The number of alkyl halides is 6. The molecule has 0 aromatic rings. The number of ether oxygens (including phenoxy) is 1. The lowest BCUT2D eigenvalue weighted by molar-refractivity contribution is -0.321. The van der Waals surface area contributed by atoms with Crippen LogP contribution in [0.1, 0.15) is 6.42 Å². The molecule has 108 valence electrons. The highest BCUT2D eigenvalue weighted by atomic mass is 19.4. The van der Waals surface area contributed by atoms with Gasteiger partial charge in [-0.2, -0.15) is 26.3 Å². The first-order valence-electron chi connectivity index (χ1n) is 4.71. The van der Waals surface area contributed by atoms with Gasteiger partial charge in [-0.3, -0.25) is 4.79 Å². The van der Waals surface area contributed by atoms with Crippen molar-refractivity contribution < 1.29 is 35.9 Å². The molecule has 0 aliphatic carbocycles. The van der Waals surface area contributed by atoms with Crippen molar-refractivity contribution >= 4 is 5.91 Å². The van der Waals surface area contributed by atoms with Crippen LogP contribution in [0.3, 0.4) is 0 Å². The molecule has 0 aliphatic heterocycles. The van der Waals surface area contributed by atoms with E-state index in [2.05, 4.69) is 10.1 Å². The van der Waals surface area contributed by atoms with Crippen LogP contribution in [0.25, 0.3) is 0 Å². The van der Waals surface area contributed by atoms with Crippen LogP contribution in [0.15, 0.2) is 0 Å². The summed E-state index contributed by atoms with van der Waals surface area (Å²) in [7, 11) is 1.29. The van der Waals surface area contributed by atoms with Gasteiger partial charge in [-0.1, -0.05) is 0 Å². The van der Waals surface area contributed by atoms with Crippen LogP contribution in [-0.2, 0) is 9.53 Å². The highest BCUT2D eigenvalue weighted by Crippen LogP contribution is 2.35. The van der Waals surface area contributed by atoms with Crippen molar-refractivity contribution in [1.82, 2.24) is 5.32 Å². The first-order chi connectivity index (χ1) is 8.00. The SMILES string of the molecule is CNC(CCOC(C(F)(F)F)C(F)(F)F)C(N)=O. The molecule has 4 nitrogen and oxygen atoms in total. The Balaban J connectivity index is 4.43. The van der Waals surface area contributed by atoms with Gasteiger partial charge in [0.2, 0.25) is 12.0 Å². The van der Waals surface area contributed by atoms with Crippen LogP contribution in [0, 0.1) is 0 Å². The van der Waals surface area contributed by atoms with Crippen molar-refractivity contribution in [3.05, 3.63) is 0 Å². The average molecular weight is 282 g/mol. The molecule has 0 bridgehead atoms. The van der Waals surface area contributed by atoms with Gasteiger partial charge in [0.1, 0.15) is 0 Å². The molecule has 1 unspecified atom stereocenters. The van der Waals surface area contributed by atoms with E-state index >= 15 is 0 Å². The van der Waals surface area contributed by atoms with Crippen molar-refractivity contribution in [2.75, 3.05) is 13.7 Å². The quantitative estimate of drug-likeness (QED) is 0.713. The topological polar surface area (TPSA) is 64.3 Å². The van der Waals surface area contributed by atoms with E-state index in [1.54, 1.807) is 0 Å². The summed E-state index contributed by atoms with van der Waals surface area (Å²) in [6.07, 6.45) is -15.4. The van der Waals surface area contributed by atoms with Gasteiger partial charge in [-0.15, -0.1) is 0 Å². The summed E-state index contributed by atoms with van der Waals surface area (Å²) in [5, 5.41) is 2.34. The van der Waals surface area contributed by atoms with Gasteiger partial charge in [-0.05, 0) is 13.5 Å². The van der Waals surface area contributed by atoms with Crippen molar-refractivity contribution in [2.24, 2.45) is 5.73 Å². The number of nitrogens with one attached hydrogen (secondary N) is 1. The number of carbonyl (C=O) groups is 1. The molecule has 1 amide bonds. The number of hydrogen-bond donors (Lipinski definition) is 2. The fourth-order valence-corrected chi connectivity index (χ4v) is 1.11. The molecule has 0 radical (unpaired) electrons. The van der Waals surface area contributed by atoms with Crippen molar-refractivity contribution in [3.8, 4) is 0 Å². The second kappa shape index (κ2) is 6.23. The van der Waals surface area contributed by atoms with Gasteiger partial charge >= 0.3 is 12.4 Å². The van der Waals surface area contributed by atoms with E-state index in [0.29, 0.717) is 0 Å². The molecule has 10 heteroatoms. The molecular formula is C8H12F6N2O2. The maximum Gasteiger partial charge on any atom is 0.423 e. The van der Waals surface area contributed by atoms with E-state index in [-0.39, 0.29) is 0 Å². The van der Waals surface area contributed by atoms with E-state index in [1.807, 2.05) is 0 Å². The Hall–Kier alpha value is -1.03. The van der Waals surface area contributed by atoms with Crippen LogP contribution in [0.5, 0.6) is 0 Å². The molecule has 0 aromatic heterocycles. The Morgan fingerprint density at radius 3 is 1.94 bits per heavy atom. The predicted octanol–water partition coefficient (Wildman–Crippen LogP) is 0.960. The molecule has 3 N–H and O–H groups in total. The van der Waals surface area contributed by atoms with Gasteiger partial charge in [0.05, 0.1) is 6.04 Å². The van der Waals surface area contributed by atoms with Crippen LogP contribution in [0.4, 0.5) is 26.3 Å². The highest BCUT2D eigenvalue weighted by molar-refractivity contribution is 5.79. The Morgan fingerprint density at radius 2 is 1.67 bits per heavy atom. The minimum Gasteiger partial charge on any atom is -0.368 e. The molecule has 0 fully saturated rings. The average Bonchev–Trinajstić information content (AvgIpc) is 2.12. The number of halogens is 6. The molecule has 1 atom stereocenters. The molecule has 0 aromatic carbocycles. The largest absolute Gasteiger partial charge is 0.423 e. The predicted molar refractivity (Wildman–Crippen MR) is 48.5 cm³/mol. The van der Waals surface area contributed by atoms with Crippen molar-refractivity contribution in [3.63, 3.8) is 0 Å². The van der Waals surface area contributed by atoms with Crippen LogP contribution >= 0.6 is 0 Å². The number of carbonyl (C=O) groups excluding carboxylic acids is 1. The molecule has 0 heterocycles. The number of nitrogens with two attached hydrogens (primary N) is 1. The van der Waals surface area contributed by atoms with E-state index in [9.17, 15) is 31.1 Å². The standard InChI is InChI=1S/C8H12F6N2O2/c1-16-4(5(15)17)2-3-18-6(7(9,10)11)8(12,13)14/h4,6,16H,2-3H2,1H3,(H2,15,17). The molecule has 18 heavy (non-hydrogen) atoms. The van der Waals surface area contributed by atoms with Crippen molar-refractivity contribution in [2.45, 2.75) is 30.9 Å². The van der Waals surface area contributed by atoms with Gasteiger partial charge in [0, 0.05) is 6.61 Å². The molecule has 0 saturated heterocycles. The highest BCUT2D eigenvalue weighted by Gasteiger charge is 2.57. The smallest absolute Gasteiger partial charge is 0.368 e. The second-order valence-corrected chi connectivity index (χ2v) is 3.37. The summed E-state index contributed by atoms with van der Waals surface area (Å²) < 4.78 is 75.9. The second-order valence-electron chi connectivity index (χ2n) is 3.37. The Kier molecular flexibility index (Phi) is 5.87. The summed E-state index contributed by atoms with van der Waals surface area (Å²) in [5.74, 6) is -0.892. The minimum absolute atomic E-state index is 0.394.